The molecule has 12 heteroatoms. The first-order valence-corrected chi connectivity index (χ1v) is 10.8. The third-order valence-corrected chi connectivity index (χ3v) is 5.37. The molecular formula is C21H23ClF3N3O5. The van der Waals surface area contributed by atoms with Crippen molar-refractivity contribution in [3.05, 3.63) is 40.5 Å². The maximum atomic E-state index is 12.7. The number of fused-ring (bicyclic) bond motifs is 2. The minimum absolute atomic E-state index is 0.0284. The van der Waals surface area contributed by atoms with Gasteiger partial charge >= 0.3 is 6.18 Å². The number of alkyl halides is 3. The monoisotopic (exact) mass is 489 g/mol. The maximum Gasteiger partial charge on any atom is 0.411 e. The van der Waals surface area contributed by atoms with Crippen LogP contribution in [-0.4, -0.2) is 67.0 Å². The topological polar surface area (TPSA) is 83.8 Å². The number of nitrogens with zero attached hydrogens (tertiary/aromatic N) is 2. The summed E-state index contributed by atoms with van der Waals surface area (Å²) in [6, 6.07) is 6.73. The predicted octanol–water partition coefficient (Wildman–Crippen LogP) is 3.02. The number of ether oxygens (including phenoxy) is 4. The first-order valence-electron chi connectivity index (χ1n) is 10.5. The van der Waals surface area contributed by atoms with Gasteiger partial charge in [0.15, 0.2) is 5.69 Å². The van der Waals surface area contributed by atoms with Gasteiger partial charge in [-0.2, -0.15) is 18.3 Å². The van der Waals surface area contributed by atoms with Crippen molar-refractivity contribution in [3.63, 3.8) is 0 Å². The molecule has 2 aliphatic rings. The fraction of sp³-hybridized carbons (Fsp3) is 0.524. The molecule has 33 heavy (non-hydrogen) atoms. The van der Waals surface area contributed by atoms with Crippen LogP contribution < -0.4 is 14.8 Å². The SMILES string of the molecule is O=C(NC1COc2ccc(Cl)cc2C1)c1cc2n(n1)CCC(COCCOCC(F)(F)F)O2. The van der Waals surface area contributed by atoms with Gasteiger partial charge in [0.1, 0.15) is 25.1 Å². The van der Waals surface area contributed by atoms with Crippen LogP contribution in [0, 0.1) is 0 Å². The summed E-state index contributed by atoms with van der Waals surface area (Å²) < 4.78 is 59.0. The molecule has 2 atom stereocenters. The van der Waals surface area contributed by atoms with E-state index in [1.165, 1.54) is 0 Å². The third kappa shape index (κ3) is 6.52. The average Bonchev–Trinajstić information content (AvgIpc) is 3.19. The molecule has 2 aliphatic heterocycles. The van der Waals surface area contributed by atoms with E-state index < -0.39 is 12.8 Å². The molecule has 3 heterocycles. The van der Waals surface area contributed by atoms with E-state index in [9.17, 15) is 18.0 Å². The Morgan fingerprint density at radius 1 is 1.27 bits per heavy atom. The van der Waals surface area contributed by atoms with E-state index in [0.29, 0.717) is 36.9 Å². The molecule has 8 nitrogen and oxygen atoms in total. The second kappa shape index (κ2) is 10.2. The van der Waals surface area contributed by atoms with Crippen molar-refractivity contribution in [3.8, 4) is 11.6 Å². The van der Waals surface area contributed by atoms with E-state index in [1.54, 1.807) is 16.8 Å². The number of aromatic nitrogens is 2. The molecule has 2 aromatic rings. The zero-order chi connectivity index (χ0) is 23.4. The number of aryl methyl sites for hydroxylation is 1. The molecule has 1 aromatic heterocycles. The molecule has 0 saturated carbocycles. The smallest absolute Gasteiger partial charge is 0.411 e. The Kier molecular flexibility index (Phi) is 7.30. The fourth-order valence-corrected chi connectivity index (χ4v) is 3.81. The zero-order valence-corrected chi connectivity index (χ0v) is 18.3. The number of rotatable bonds is 8. The number of hydrogen-bond donors (Lipinski definition) is 1. The molecule has 0 saturated heterocycles. The lowest BCUT2D eigenvalue weighted by molar-refractivity contribution is -0.177. The first-order chi connectivity index (χ1) is 15.8. The third-order valence-electron chi connectivity index (χ3n) is 5.13. The van der Waals surface area contributed by atoms with Gasteiger partial charge < -0.3 is 24.3 Å². The van der Waals surface area contributed by atoms with Crippen LogP contribution in [0.1, 0.15) is 22.5 Å². The Balaban J connectivity index is 1.23. The Morgan fingerprint density at radius 3 is 2.91 bits per heavy atom. The summed E-state index contributed by atoms with van der Waals surface area (Å²) in [5.74, 6) is 0.857. The van der Waals surface area contributed by atoms with Crippen LogP contribution in [0.4, 0.5) is 13.2 Å². The van der Waals surface area contributed by atoms with Crippen LogP contribution in [-0.2, 0) is 22.4 Å². The van der Waals surface area contributed by atoms with Crippen molar-refractivity contribution in [2.45, 2.75) is 37.7 Å². The number of carbonyl (C=O) groups is 1. The minimum Gasteiger partial charge on any atom is -0.491 e. The van der Waals surface area contributed by atoms with Crippen LogP contribution in [0.15, 0.2) is 24.3 Å². The first kappa shape index (κ1) is 23.7. The second-order valence-corrected chi connectivity index (χ2v) is 8.24. The summed E-state index contributed by atoms with van der Waals surface area (Å²) in [4.78, 5) is 12.7. The molecule has 0 fully saturated rings. The van der Waals surface area contributed by atoms with Crippen LogP contribution in [0.25, 0.3) is 0 Å². The molecule has 0 spiro atoms. The Morgan fingerprint density at radius 2 is 2.09 bits per heavy atom. The molecule has 0 bridgehead atoms. The number of carbonyl (C=O) groups excluding carboxylic acids is 1. The molecular weight excluding hydrogens is 467 g/mol. The van der Waals surface area contributed by atoms with Crippen molar-refractivity contribution < 1.29 is 36.9 Å². The summed E-state index contributed by atoms with van der Waals surface area (Å²) in [5.41, 5.74) is 1.15. The van der Waals surface area contributed by atoms with Gasteiger partial charge in [0.2, 0.25) is 5.88 Å². The van der Waals surface area contributed by atoms with Gasteiger partial charge in [0.25, 0.3) is 5.91 Å². The lowest BCUT2D eigenvalue weighted by atomic mass is 10.0. The van der Waals surface area contributed by atoms with Gasteiger partial charge in [0.05, 0.1) is 25.9 Å². The summed E-state index contributed by atoms with van der Waals surface area (Å²) >= 11 is 6.04. The number of amides is 1. The minimum atomic E-state index is -4.35. The molecule has 180 valence electrons. The Bertz CT molecular complexity index is 985. The maximum absolute atomic E-state index is 12.7. The van der Waals surface area contributed by atoms with Crippen LogP contribution in [0.5, 0.6) is 11.6 Å². The molecule has 0 aliphatic carbocycles. The van der Waals surface area contributed by atoms with Crippen LogP contribution >= 0.6 is 11.6 Å². The van der Waals surface area contributed by atoms with E-state index in [4.69, 9.17) is 25.8 Å². The molecule has 2 unspecified atom stereocenters. The molecule has 1 amide bonds. The van der Waals surface area contributed by atoms with Crippen LogP contribution in [0.3, 0.4) is 0 Å². The highest BCUT2D eigenvalue weighted by Gasteiger charge is 2.28. The van der Waals surface area contributed by atoms with Crippen molar-refractivity contribution in [1.82, 2.24) is 15.1 Å². The zero-order valence-electron chi connectivity index (χ0n) is 17.6. The fourth-order valence-electron chi connectivity index (χ4n) is 3.61. The Labute approximate surface area is 192 Å². The van der Waals surface area contributed by atoms with E-state index in [2.05, 4.69) is 15.2 Å². The lowest BCUT2D eigenvalue weighted by Crippen LogP contribution is -2.42. The highest BCUT2D eigenvalue weighted by molar-refractivity contribution is 6.30. The van der Waals surface area contributed by atoms with E-state index in [-0.39, 0.29) is 43.6 Å². The van der Waals surface area contributed by atoms with Crippen LogP contribution in [0.2, 0.25) is 5.02 Å². The number of hydrogen-bond acceptors (Lipinski definition) is 6. The van der Waals surface area contributed by atoms with E-state index in [0.717, 1.165) is 11.3 Å². The average molecular weight is 490 g/mol. The van der Waals surface area contributed by atoms with Gasteiger partial charge in [-0.1, -0.05) is 11.6 Å². The lowest BCUT2D eigenvalue weighted by Gasteiger charge is -2.26. The Hall–Kier alpha value is -2.50. The molecule has 1 aromatic carbocycles. The van der Waals surface area contributed by atoms with Gasteiger partial charge in [-0.3, -0.25) is 4.79 Å². The van der Waals surface area contributed by atoms with E-state index in [1.807, 2.05) is 12.1 Å². The quantitative estimate of drug-likeness (QED) is 0.574. The summed E-state index contributed by atoms with van der Waals surface area (Å²) in [6.45, 7) is -0.357. The standard InChI is InChI=1S/C21H23ClF3N3O5/c22-14-1-2-18-13(7-14)8-15(10-32-18)26-20(29)17-9-19-28(27-17)4-3-16(33-19)11-30-5-6-31-12-21(23,24)25/h1-2,7,9,15-16H,3-6,8,10-12H2,(H,26,29). The van der Waals surface area contributed by atoms with Gasteiger partial charge in [-0.15, -0.1) is 0 Å². The summed E-state index contributed by atoms with van der Waals surface area (Å²) in [5, 5.41) is 7.83. The predicted molar refractivity (Wildman–Crippen MR) is 111 cm³/mol. The highest BCUT2D eigenvalue weighted by Crippen LogP contribution is 2.28. The number of nitrogens with one attached hydrogen (secondary N) is 1. The van der Waals surface area contributed by atoms with E-state index >= 15 is 0 Å². The van der Waals surface area contributed by atoms with Gasteiger partial charge in [-0.05, 0) is 30.2 Å². The molecule has 4 rings (SSSR count). The number of halogens is 4. The second-order valence-electron chi connectivity index (χ2n) is 7.80. The van der Waals surface area contributed by atoms with Gasteiger partial charge in [-0.25, -0.2) is 4.68 Å². The van der Waals surface area contributed by atoms with Crippen molar-refractivity contribution >= 4 is 17.5 Å². The van der Waals surface area contributed by atoms with Gasteiger partial charge in [0, 0.05) is 24.1 Å². The molecule has 1 N–H and O–H groups in total. The largest absolute Gasteiger partial charge is 0.491 e. The van der Waals surface area contributed by atoms with Crippen molar-refractivity contribution in [2.24, 2.45) is 0 Å². The normalized spacial score (nSPS) is 19.8. The van der Waals surface area contributed by atoms with Crippen molar-refractivity contribution in [2.75, 3.05) is 33.0 Å². The highest BCUT2D eigenvalue weighted by atomic mass is 35.5. The summed E-state index contributed by atoms with van der Waals surface area (Å²) in [7, 11) is 0. The molecule has 0 radical (unpaired) electrons. The number of benzene rings is 1. The van der Waals surface area contributed by atoms with Crippen molar-refractivity contribution in [1.29, 1.82) is 0 Å². The summed E-state index contributed by atoms with van der Waals surface area (Å²) in [6.07, 6.45) is -3.46.